The Hall–Kier alpha value is -1.71. The molecule has 1 unspecified atom stereocenters. The minimum Gasteiger partial charge on any atom is -0.484 e. The van der Waals surface area contributed by atoms with Gasteiger partial charge in [0.25, 0.3) is 5.91 Å². The van der Waals surface area contributed by atoms with Crippen molar-refractivity contribution in [3.05, 3.63) is 23.8 Å². The van der Waals surface area contributed by atoms with Crippen molar-refractivity contribution in [2.24, 2.45) is 0 Å². The molecule has 0 aliphatic rings. The van der Waals surface area contributed by atoms with E-state index >= 15 is 0 Å². The Morgan fingerprint density at radius 2 is 2.15 bits per heavy atom. The molecule has 0 radical (unpaired) electrons. The second-order valence-corrected chi connectivity index (χ2v) is 5.28. The van der Waals surface area contributed by atoms with E-state index in [2.05, 4.69) is 12.2 Å². The third kappa shape index (κ3) is 5.95. The van der Waals surface area contributed by atoms with Gasteiger partial charge in [0.2, 0.25) is 0 Å². The molecule has 1 rings (SSSR count). The fourth-order valence-corrected chi connectivity index (χ4v) is 2.07. The predicted molar refractivity (Wildman–Crippen MR) is 82.8 cm³/mol. The molecule has 0 aliphatic heterocycles. The van der Waals surface area contributed by atoms with Crippen LogP contribution in [0.1, 0.15) is 45.1 Å². The van der Waals surface area contributed by atoms with Crippen LogP contribution in [0.15, 0.2) is 18.2 Å². The number of benzene rings is 1. The van der Waals surface area contributed by atoms with Crippen molar-refractivity contribution in [3.63, 3.8) is 0 Å². The largest absolute Gasteiger partial charge is 0.484 e. The first-order valence-corrected chi connectivity index (χ1v) is 7.31. The zero-order valence-electron chi connectivity index (χ0n) is 12.7. The number of aryl methyl sites for hydroxylation is 1. The Balaban J connectivity index is 2.32. The minimum atomic E-state index is -0.0785. The number of rotatable bonds is 8. The molecule has 0 aliphatic carbocycles. The number of unbranched alkanes of at least 4 members (excludes halogenated alkanes) is 2. The Bertz CT molecular complexity index is 432. The van der Waals surface area contributed by atoms with Crippen molar-refractivity contribution in [1.82, 2.24) is 5.32 Å². The first kappa shape index (κ1) is 16.3. The number of hydrogen-bond acceptors (Lipinski definition) is 3. The third-order valence-corrected chi connectivity index (χ3v) is 3.21. The van der Waals surface area contributed by atoms with Gasteiger partial charge in [0.15, 0.2) is 6.61 Å². The summed E-state index contributed by atoms with van der Waals surface area (Å²) in [6.45, 7) is 6.16. The monoisotopic (exact) mass is 278 g/mol. The average molecular weight is 278 g/mol. The van der Waals surface area contributed by atoms with E-state index in [0.29, 0.717) is 11.4 Å². The van der Waals surface area contributed by atoms with Crippen LogP contribution in [-0.2, 0) is 4.79 Å². The minimum absolute atomic E-state index is 0.0445. The highest BCUT2D eigenvalue weighted by Crippen LogP contribution is 2.19. The highest BCUT2D eigenvalue weighted by molar-refractivity contribution is 5.77. The summed E-state index contributed by atoms with van der Waals surface area (Å²) in [7, 11) is 0. The van der Waals surface area contributed by atoms with Crippen molar-refractivity contribution in [1.29, 1.82) is 0 Å². The Labute approximate surface area is 121 Å². The van der Waals surface area contributed by atoms with Gasteiger partial charge in [0.05, 0.1) is 0 Å². The van der Waals surface area contributed by atoms with E-state index in [1.165, 1.54) is 12.8 Å². The van der Waals surface area contributed by atoms with Gasteiger partial charge in [-0.2, -0.15) is 0 Å². The molecule has 0 aromatic heterocycles. The fourth-order valence-electron chi connectivity index (χ4n) is 2.07. The number of nitrogen functional groups attached to an aromatic ring is 1. The number of carbonyl (C=O) groups is 1. The summed E-state index contributed by atoms with van der Waals surface area (Å²) in [4.78, 5) is 11.8. The zero-order valence-corrected chi connectivity index (χ0v) is 12.7. The normalized spacial score (nSPS) is 11.9. The van der Waals surface area contributed by atoms with E-state index in [1.807, 2.05) is 19.9 Å². The maximum absolute atomic E-state index is 11.8. The average Bonchev–Trinajstić information content (AvgIpc) is 2.38. The lowest BCUT2D eigenvalue weighted by atomic mass is 10.1. The molecule has 0 heterocycles. The summed E-state index contributed by atoms with van der Waals surface area (Å²) in [6, 6.07) is 5.60. The summed E-state index contributed by atoms with van der Waals surface area (Å²) in [5.74, 6) is 0.623. The van der Waals surface area contributed by atoms with Crippen LogP contribution in [0.5, 0.6) is 5.75 Å². The van der Waals surface area contributed by atoms with Crippen LogP contribution < -0.4 is 15.8 Å². The highest BCUT2D eigenvalue weighted by atomic mass is 16.5. The number of nitrogens with one attached hydrogen (secondary N) is 1. The van der Waals surface area contributed by atoms with Crippen LogP contribution >= 0.6 is 0 Å². The first-order chi connectivity index (χ1) is 9.52. The summed E-state index contributed by atoms with van der Waals surface area (Å²) >= 11 is 0. The van der Waals surface area contributed by atoms with E-state index < -0.39 is 0 Å². The maximum atomic E-state index is 11.8. The second kappa shape index (κ2) is 8.46. The first-order valence-electron chi connectivity index (χ1n) is 7.31. The van der Waals surface area contributed by atoms with E-state index in [1.54, 1.807) is 12.1 Å². The molecule has 0 saturated heterocycles. The number of anilines is 1. The van der Waals surface area contributed by atoms with Crippen molar-refractivity contribution in [2.75, 3.05) is 12.3 Å². The molecule has 1 aromatic rings. The third-order valence-electron chi connectivity index (χ3n) is 3.21. The highest BCUT2D eigenvalue weighted by Gasteiger charge is 2.08. The molecule has 20 heavy (non-hydrogen) atoms. The fraction of sp³-hybridized carbons (Fsp3) is 0.562. The van der Waals surface area contributed by atoms with Crippen molar-refractivity contribution in [2.45, 2.75) is 52.5 Å². The number of carbonyl (C=O) groups excluding carboxylic acids is 1. The number of nitrogens with two attached hydrogens (primary N) is 1. The number of amides is 1. The topological polar surface area (TPSA) is 64.3 Å². The molecular weight excluding hydrogens is 252 g/mol. The van der Waals surface area contributed by atoms with Crippen LogP contribution in [0.3, 0.4) is 0 Å². The lowest BCUT2D eigenvalue weighted by Gasteiger charge is -2.14. The van der Waals surface area contributed by atoms with Gasteiger partial charge in [-0.3, -0.25) is 4.79 Å². The Morgan fingerprint density at radius 3 is 2.80 bits per heavy atom. The Kier molecular flexibility index (Phi) is 6.91. The summed E-state index contributed by atoms with van der Waals surface area (Å²) in [5, 5.41) is 2.95. The molecule has 0 saturated carbocycles. The van der Waals surface area contributed by atoms with Gasteiger partial charge in [0, 0.05) is 11.7 Å². The molecule has 4 nitrogen and oxygen atoms in total. The Morgan fingerprint density at radius 1 is 1.40 bits per heavy atom. The van der Waals surface area contributed by atoms with Gasteiger partial charge in [-0.15, -0.1) is 0 Å². The molecule has 0 fully saturated rings. The van der Waals surface area contributed by atoms with Crippen LogP contribution in [0, 0.1) is 6.92 Å². The van der Waals surface area contributed by atoms with Gasteiger partial charge in [0.1, 0.15) is 5.75 Å². The van der Waals surface area contributed by atoms with E-state index in [0.717, 1.165) is 18.4 Å². The lowest BCUT2D eigenvalue weighted by Crippen LogP contribution is -2.36. The van der Waals surface area contributed by atoms with Gasteiger partial charge in [-0.1, -0.05) is 26.2 Å². The molecular formula is C16H26N2O2. The van der Waals surface area contributed by atoms with Crippen molar-refractivity contribution >= 4 is 11.6 Å². The SMILES string of the molecule is CCCCCC(C)NC(=O)COc1ccc(N)cc1C. The summed E-state index contributed by atoms with van der Waals surface area (Å²) in [5.41, 5.74) is 7.31. The number of ether oxygens (including phenoxy) is 1. The summed E-state index contributed by atoms with van der Waals surface area (Å²) < 4.78 is 5.51. The van der Waals surface area contributed by atoms with Crippen LogP contribution in [0.25, 0.3) is 0 Å². The molecule has 4 heteroatoms. The second-order valence-electron chi connectivity index (χ2n) is 5.28. The van der Waals surface area contributed by atoms with E-state index in [-0.39, 0.29) is 18.6 Å². The van der Waals surface area contributed by atoms with Crippen molar-refractivity contribution in [3.8, 4) is 5.75 Å². The zero-order chi connectivity index (χ0) is 15.0. The van der Waals surface area contributed by atoms with Gasteiger partial charge in [-0.05, 0) is 44.0 Å². The van der Waals surface area contributed by atoms with Crippen LogP contribution in [-0.4, -0.2) is 18.6 Å². The lowest BCUT2D eigenvalue weighted by molar-refractivity contribution is -0.123. The van der Waals surface area contributed by atoms with Crippen molar-refractivity contribution < 1.29 is 9.53 Å². The molecule has 0 spiro atoms. The molecule has 1 atom stereocenters. The van der Waals surface area contributed by atoms with Gasteiger partial charge < -0.3 is 15.8 Å². The van der Waals surface area contributed by atoms with Crippen LogP contribution in [0.2, 0.25) is 0 Å². The molecule has 0 bridgehead atoms. The summed E-state index contributed by atoms with van der Waals surface area (Å²) in [6.07, 6.45) is 4.57. The smallest absolute Gasteiger partial charge is 0.258 e. The van der Waals surface area contributed by atoms with E-state index in [4.69, 9.17) is 10.5 Å². The quantitative estimate of drug-likeness (QED) is 0.567. The molecule has 112 valence electrons. The number of hydrogen-bond donors (Lipinski definition) is 2. The molecule has 1 amide bonds. The standard InChI is InChI=1S/C16H26N2O2/c1-4-5-6-7-13(3)18-16(19)11-20-15-9-8-14(17)10-12(15)2/h8-10,13H,4-7,11,17H2,1-3H3,(H,18,19). The van der Waals surface area contributed by atoms with E-state index in [9.17, 15) is 4.79 Å². The predicted octanol–water partition coefficient (Wildman–Crippen LogP) is 3.04. The van der Waals surface area contributed by atoms with Crippen LogP contribution in [0.4, 0.5) is 5.69 Å². The molecule has 1 aromatic carbocycles. The maximum Gasteiger partial charge on any atom is 0.258 e. The van der Waals surface area contributed by atoms with Gasteiger partial charge in [-0.25, -0.2) is 0 Å². The molecule has 3 N–H and O–H groups in total. The van der Waals surface area contributed by atoms with Gasteiger partial charge >= 0.3 is 0 Å².